The minimum Gasteiger partial charge on any atom is -0.457 e. The smallest absolute Gasteiger partial charge is 0.373 e. The van der Waals surface area contributed by atoms with Crippen LogP contribution in [-0.2, 0) is 14.3 Å². The summed E-state index contributed by atoms with van der Waals surface area (Å²) in [5.74, 6) is -0.247. The molecule has 0 heterocycles. The van der Waals surface area contributed by atoms with Crippen LogP contribution >= 0.6 is 0 Å². The molecule has 0 spiro atoms. The zero-order valence-electron chi connectivity index (χ0n) is 7.59. The second-order valence-electron chi connectivity index (χ2n) is 1.95. The molecule has 5 nitrogen and oxygen atoms in total. The molecule has 0 saturated heterocycles. The summed E-state index contributed by atoms with van der Waals surface area (Å²) in [5, 5.41) is 2.61. The Labute approximate surface area is 71.8 Å². The minimum atomic E-state index is -0.461. The molecule has 0 aliphatic heterocycles. The van der Waals surface area contributed by atoms with Gasteiger partial charge in [0.2, 0.25) is 5.84 Å². The van der Waals surface area contributed by atoms with Crippen LogP contribution in [0, 0.1) is 0 Å². The lowest BCUT2D eigenvalue weighted by molar-refractivity contribution is -0.137. The van der Waals surface area contributed by atoms with Gasteiger partial charge in [0.25, 0.3) is 0 Å². The average molecular weight is 174 g/mol. The van der Waals surface area contributed by atoms with Crippen LogP contribution in [0.3, 0.4) is 0 Å². The number of nitrogens with one attached hydrogen (secondary N) is 1. The summed E-state index contributed by atoms with van der Waals surface area (Å²) in [4.78, 5) is 14.7. The van der Waals surface area contributed by atoms with Crippen molar-refractivity contribution in [2.24, 2.45) is 4.99 Å². The Bertz CT molecular complexity index is 168. The van der Waals surface area contributed by atoms with Gasteiger partial charge >= 0.3 is 5.97 Å². The molecule has 0 atom stereocenters. The van der Waals surface area contributed by atoms with Crippen molar-refractivity contribution in [2.45, 2.75) is 0 Å². The lowest BCUT2D eigenvalue weighted by atomic mass is 10.6. The van der Waals surface area contributed by atoms with Crippen LogP contribution in [0.4, 0.5) is 0 Å². The highest BCUT2D eigenvalue weighted by atomic mass is 16.6. The SMILES string of the molecule is CN=C(NC)C(=O)OCCOC. The molecule has 1 N–H and O–H groups in total. The van der Waals surface area contributed by atoms with E-state index in [4.69, 9.17) is 9.47 Å². The van der Waals surface area contributed by atoms with E-state index in [1.807, 2.05) is 0 Å². The van der Waals surface area contributed by atoms with Crippen LogP contribution < -0.4 is 5.32 Å². The number of ether oxygens (including phenoxy) is 2. The highest BCUT2D eigenvalue weighted by molar-refractivity contribution is 6.35. The first-order valence-electron chi connectivity index (χ1n) is 3.56. The van der Waals surface area contributed by atoms with Crippen molar-refractivity contribution in [1.82, 2.24) is 5.32 Å². The van der Waals surface area contributed by atoms with Crippen LogP contribution in [0.2, 0.25) is 0 Å². The number of hydrogen-bond donors (Lipinski definition) is 1. The molecule has 0 aromatic rings. The summed E-state index contributed by atoms with van der Waals surface area (Å²) in [6, 6.07) is 0. The van der Waals surface area contributed by atoms with E-state index < -0.39 is 5.97 Å². The first-order chi connectivity index (χ1) is 5.76. The molecular weight excluding hydrogens is 160 g/mol. The summed E-state index contributed by atoms with van der Waals surface area (Å²) in [6.07, 6.45) is 0. The third kappa shape index (κ3) is 3.92. The lowest BCUT2D eigenvalue weighted by Crippen LogP contribution is -2.30. The number of methoxy groups -OCH3 is 1. The van der Waals surface area contributed by atoms with Gasteiger partial charge in [-0.3, -0.25) is 4.99 Å². The predicted octanol–water partition coefficient (Wildman–Crippen LogP) is -0.576. The van der Waals surface area contributed by atoms with Crippen molar-refractivity contribution in [3.8, 4) is 0 Å². The van der Waals surface area contributed by atoms with Crippen LogP contribution in [0.25, 0.3) is 0 Å². The van der Waals surface area contributed by atoms with E-state index in [1.54, 1.807) is 14.2 Å². The third-order valence-corrected chi connectivity index (χ3v) is 1.17. The summed E-state index contributed by atoms with van der Waals surface area (Å²) in [7, 11) is 4.67. The number of carbonyl (C=O) groups is 1. The normalized spacial score (nSPS) is 11.1. The van der Waals surface area contributed by atoms with Crippen molar-refractivity contribution in [3.05, 3.63) is 0 Å². The van der Waals surface area contributed by atoms with E-state index in [-0.39, 0.29) is 12.4 Å². The highest BCUT2D eigenvalue weighted by Crippen LogP contribution is 1.81. The molecule has 0 bridgehead atoms. The van der Waals surface area contributed by atoms with Crippen molar-refractivity contribution in [3.63, 3.8) is 0 Å². The number of esters is 1. The first kappa shape index (κ1) is 10.9. The number of rotatable bonds is 3. The van der Waals surface area contributed by atoms with Gasteiger partial charge in [-0.2, -0.15) is 0 Å². The van der Waals surface area contributed by atoms with Gasteiger partial charge in [-0.1, -0.05) is 0 Å². The summed E-state index contributed by atoms with van der Waals surface area (Å²) < 4.78 is 9.47. The number of amidine groups is 1. The van der Waals surface area contributed by atoms with E-state index in [2.05, 4.69) is 10.3 Å². The minimum absolute atomic E-state index is 0.214. The molecule has 0 aliphatic carbocycles. The van der Waals surface area contributed by atoms with Crippen LogP contribution in [0.5, 0.6) is 0 Å². The Morgan fingerprint density at radius 1 is 1.50 bits per heavy atom. The molecule has 0 aromatic heterocycles. The maximum absolute atomic E-state index is 11.0. The fraction of sp³-hybridized carbons (Fsp3) is 0.714. The van der Waals surface area contributed by atoms with Crippen molar-refractivity contribution >= 4 is 11.8 Å². The second kappa shape index (κ2) is 6.60. The van der Waals surface area contributed by atoms with E-state index in [0.29, 0.717) is 6.61 Å². The average Bonchev–Trinajstić information content (AvgIpc) is 2.07. The van der Waals surface area contributed by atoms with Gasteiger partial charge in [0.05, 0.1) is 6.61 Å². The number of carbonyl (C=O) groups excluding carboxylic acids is 1. The topological polar surface area (TPSA) is 59.9 Å². The summed E-state index contributed by atoms with van der Waals surface area (Å²) >= 11 is 0. The van der Waals surface area contributed by atoms with Gasteiger partial charge in [-0.25, -0.2) is 4.79 Å². The second-order valence-corrected chi connectivity index (χ2v) is 1.95. The maximum Gasteiger partial charge on any atom is 0.373 e. The fourth-order valence-corrected chi connectivity index (χ4v) is 0.591. The van der Waals surface area contributed by atoms with E-state index >= 15 is 0 Å². The highest BCUT2D eigenvalue weighted by Gasteiger charge is 2.08. The monoisotopic (exact) mass is 174 g/mol. The van der Waals surface area contributed by atoms with Crippen LogP contribution in [0.15, 0.2) is 4.99 Å². The van der Waals surface area contributed by atoms with Gasteiger partial charge in [0.15, 0.2) is 0 Å². The zero-order chi connectivity index (χ0) is 9.40. The van der Waals surface area contributed by atoms with Gasteiger partial charge in [0.1, 0.15) is 6.61 Å². The van der Waals surface area contributed by atoms with Crippen molar-refractivity contribution in [2.75, 3.05) is 34.4 Å². The fourth-order valence-electron chi connectivity index (χ4n) is 0.591. The molecule has 0 unspecified atom stereocenters. The Morgan fingerprint density at radius 2 is 2.17 bits per heavy atom. The Balaban J connectivity index is 3.71. The van der Waals surface area contributed by atoms with Crippen molar-refractivity contribution in [1.29, 1.82) is 0 Å². The van der Waals surface area contributed by atoms with Gasteiger partial charge < -0.3 is 14.8 Å². The molecular formula is C7H14N2O3. The van der Waals surface area contributed by atoms with E-state index in [9.17, 15) is 4.79 Å². The molecule has 0 aromatic carbocycles. The molecule has 0 amide bonds. The molecule has 0 aliphatic rings. The Morgan fingerprint density at radius 3 is 2.58 bits per heavy atom. The van der Waals surface area contributed by atoms with E-state index in [1.165, 1.54) is 7.05 Å². The largest absolute Gasteiger partial charge is 0.457 e. The molecule has 0 rings (SSSR count). The van der Waals surface area contributed by atoms with Gasteiger partial charge in [0, 0.05) is 21.2 Å². The predicted molar refractivity (Wildman–Crippen MR) is 45.3 cm³/mol. The van der Waals surface area contributed by atoms with Gasteiger partial charge in [-0.15, -0.1) is 0 Å². The maximum atomic E-state index is 11.0. The van der Waals surface area contributed by atoms with Crippen molar-refractivity contribution < 1.29 is 14.3 Å². The molecule has 0 radical (unpaired) electrons. The van der Waals surface area contributed by atoms with E-state index in [0.717, 1.165) is 0 Å². The number of likely N-dealkylation sites (N-methyl/N-ethyl adjacent to an activating group) is 1. The molecule has 0 fully saturated rings. The summed E-state index contributed by atoms with van der Waals surface area (Å²) in [6.45, 7) is 0.641. The zero-order valence-corrected chi connectivity index (χ0v) is 7.59. The Hall–Kier alpha value is -1.10. The Kier molecular flexibility index (Phi) is 6.00. The molecule has 5 heteroatoms. The van der Waals surface area contributed by atoms with Crippen LogP contribution in [-0.4, -0.2) is 46.2 Å². The van der Waals surface area contributed by atoms with Gasteiger partial charge in [-0.05, 0) is 0 Å². The number of aliphatic imine (C=N–C) groups is 1. The standard InChI is InChI=1S/C7H14N2O3/c1-8-6(9-2)7(10)12-5-4-11-3/h4-5H2,1-3H3,(H,8,9). The molecule has 0 saturated carbocycles. The lowest BCUT2D eigenvalue weighted by Gasteiger charge is -2.04. The molecule has 70 valence electrons. The molecule has 12 heavy (non-hydrogen) atoms. The quantitative estimate of drug-likeness (QED) is 0.269. The third-order valence-electron chi connectivity index (χ3n) is 1.17. The van der Waals surface area contributed by atoms with Crippen LogP contribution in [0.1, 0.15) is 0 Å². The summed E-state index contributed by atoms with van der Waals surface area (Å²) in [5.41, 5.74) is 0. The first-order valence-corrected chi connectivity index (χ1v) is 3.56. The number of nitrogens with zero attached hydrogens (tertiary/aromatic N) is 1. The number of hydrogen-bond acceptors (Lipinski definition) is 4.